The third-order valence-corrected chi connectivity index (χ3v) is 4.60. The molecule has 1 aliphatic rings. The molecule has 0 bridgehead atoms. The maximum Gasteiger partial charge on any atom is 0.287 e. The molecule has 0 radical (unpaired) electrons. The van der Waals surface area contributed by atoms with Crippen LogP contribution in [0.2, 0.25) is 0 Å². The summed E-state index contributed by atoms with van der Waals surface area (Å²) in [6, 6.07) is 0. The molecule has 3 aromatic heterocycles. The lowest BCUT2D eigenvalue weighted by Crippen LogP contribution is -2.24. The molecule has 0 saturated carbocycles. The molecule has 4 heterocycles. The lowest BCUT2D eigenvalue weighted by Gasteiger charge is -2.13. The molecule has 3 aromatic rings. The number of rotatable bonds is 3. The standard InChI is InChI=1S/C15H19N5O4/c1-3-18-8(2)5-19-14(23)12-13(17-15(18)19)20(7-16-12)11-4-9(22)10(6-21)24-11/h5,7,9-11,21-22H,3-4,6H2,1-2H3/t9-,10+,11+/m0/s1. The maximum atomic E-state index is 12.7. The Kier molecular flexibility index (Phi) is 3.44. The summed E-state index contributed by atoms with van der Waals surface area (Å²) in [4.78, 5) is 21.5. The summed E-state index contributed by atoms with van der Waals surface area (Å²) in [5.41, 5.74) is 1.38. The molecule has 0 aromatic carbocycles. The molecule has 0 spiro atoms. The number of nitrogens with zero attached hydrogens (tertiary/aromatic N) is 5. The first-order valence-corrected chi connectivity index (χ1v) is 7.94. The number of aliphatic hydroxyl groups is 2. The number of hydrogen-bond donors (Lipinski definition) is 2. The van der Waals surface area contributed by atoms with E-state index in [2.05, 4.69) is 9.97 Å². The van der Waals surface area contributed by atoms with Crippen LogP contribution in [-0.2, 0) is 11.3 Å². The van der Waals surface area contributed by atoms with Crippen LogP contribution in [0, 0.1) is 6.92 Å². The van der Waals surface area contributed by atoms with Crippen molar-refractivity contribution in [1.29, 1.82) is 0 Å². The van der Waals surface area contributed by atoms with Crippen molar-refractivity contribution in [3.8, 4) is 0 Å². The molecule has 2 N–H and O–H groups in total. The molecule has 0 amide bonds. The average Bonchev–Trinajstić information content (AvgIpc) is 3.22. The number of aromatic nitrogens is 5. The van der Waals surface area contributed by atoms with E-state index in [1.807, 2.05) is 18.4 Å². The van der Waals surface area contributed by atoms with Crippen molar-refractivity contribution in [2.75, 3.05) is 6.61 Å². The number of aliphatic hydroxyl groups excluding tert-OH is 2. The minimum Gasteiger partial charge on any atom is -0.394 e. The Bertz CT molecular complexity index is 972. The summed E-state index contributed by atoms with van der Waals surface area (Å²) in [7, 11) is 0. The van der Waals surface area contributed by atoms with Crippen LogP contribution >= 0.6 is 0 Å². The minimum absolute atomic E-state index is 0.235. The normalized spacial score (nSPS) is 24.4. The van der Waals surface area contributed by atoms with Gasteiger partial charge in [0.2, 0.25) is 5.78 Å². The second-order valence-electron chi connectivity index (χ2n) is 6.04. The highest BCUT2D eigenvalue weighted by molar-refractivity contribution is 5.72. The van der Waals surface area contributed by atoms with Gasteiger partial charge in [-0.15, -0.1) is 0 Å². The Balaban J connectivity index is 1.91. The molecular formula is C15H19N5O4. The van der Waals surface area contributed by atoms with Crippen molar-refractivity contribution >= 4 is 16.9 Å². The molecular weight excluding hydrogens is 314 g/mol. The molecule has 1 fully saturated rings. The maximum absolute atomic E-state index is 12.7. The van der Waals surface area contributed by atoms with Gasteiger partial charge in [0.25, 0.3) is 5.56 Å². The Morgan fingerprint density at radius 3 is 2.92 bits per heavy atom. The van der Waals surface area contributed by atoms with E-state index in [9.17, 15) is 15.0 Å². The van der Waals surface area contributed by atoms with Crippen molar-refractivity contribution in [1.82, 2.24) is 23.5 Å². The molecule has 24 heavy (non-hydrogen) atoms. The second kappa shape index (κ2) is 5.40. The van der Waals surface area contributed by atoms with E-state index in [1.54, 1.807) is 10.8 Å². The highest BCUT2D eigenvalue weighted by Gasteiger charge is 2.35. The van der Waals surface area contributed by atoms with E-state index < -0.39 is 18.4 Å². The zero-order valence-corrected chi connectivity index (χ0v) is 13.5. The molecule has 4 rings (SSSR count). The monoisotopic (exact) mass is 333 g/mol. The van der Waals surface area contributed by atoms with Gasteiger partial charge in [0.1, 0.15) is 12.3 Å². The fraction of sp³-hybridized carbons (Fsp3) is 0.533. The van der Waals surface area contributed by atoms with Gasteiger partial charge in [-0.05, 0) is 13.8 Å². The minimum atomic E-state index is -0.760. The number of aryl methyl sites for hydroxylation is 2. The van der Waals surface area contributed by atoms with Crippen molar-refractivity contribution < 1.29 is 14.9 Å². The van der Waals surface area contributed by atoms with E-state index in [-0.39, 0.29) is 17.7 Å². The van der Waals surface area contributed by atoms with Crippen LogP contribution in [0.3, 0.4) is 0 Å². The Morgan fingerprint density at radius 2 is 2.25 bits per heavy atom. The number of ether oxygens (including phenoxy) is 1. The molecule has 1 saturated heterocycles. The average molecular weight is 333 g/mol. The molecule has 0 aliphatic carbocycles. The predicted octanol–water partition coefficient (Wildman–Crippen LogP) is -0.185. The summed E-state index contributed by atoms with van der Waals surface area (Å²) < 4.78 is 10.8. The largest absolute Gasteiger partial charge is 0.394 e. The van der Waals surface area contributed by atoms with E-state index >= 15 is 0 Å². The van der Waals surface area contributed by atoms with Crippen LogP contribution in [0.4, 0.5) is 0 Å². The second-order valence-corrected chi connectivity index (χ2v) is 6.04. The van der Waals surface area contributed by atoms with Crippen molar-refractivity contribution in [2.45, 2.75) is 45.2 Å². The van der Waals surface area contributed by atoms with Gasteiger partial charge < -0.3 is 19.5 Å². The third-order valence-electron chi connectivity index (χ3n) is 4.60. The van der Waals surface area contributed by atoms with Gasteiger partial charge in [0, 0.05) is 24.9 Å². The van der Waals surface area contributed by atoms with E-state index in [0.717, 1.165) is 5.69 Å². The fourth-order valence-electron chi connectivity index (χ4n) is 3.34. The number of fused-ring (bicyclic) bond motifs is 2. The first kappa shape index (κ1) is 15.3. The molecule has 0 unspecified atom stereocenters. The topological polar surface area (TPSA) is 107 Å². The molecule has 9 heteroatoms. The van der Waals surface area contributed by atoms with E-state index in [1.165, 1.54) is 10.7 Å². The quantitative estimate of drug-likeness (QED) is 0.688. The number of hydrogen-bond acceptors (Lipinski definition) is 6. The first-order chi connectivity index (χ1) is 11.5. The lowest BCUT2D eigenvalue weighted by atomic mass is 10.2. The van der Waals surface area contributed by atoms with E-state index in [4.69, 9.17) is 4.74 Å². The smallest absolute Gasteiger partial charge is 0.287 e. The first-order valence-electron chi connectivity index (χ1n) is 7.94. The summed E-state index contributed by atoms with van der Waals surface area (Å²) in [5.74, 6) is 0.548. The van der Waals surface area contributed by atoms with Gasteiger partial charge in [-0.2, -0.15) is 4.98 Å². The van der Waals surface area contributed by atoms with Crippen LogP contribution < -0.4 is 5.56 Å². The number of imidazole rings is 2. The fourth-order valence-corrected chi connectivity index (χ4v) is 3.34. The van der Waals surface area contributed by atoms with Crippen molar-refractivity contribution in [3.63, 3.8) is 0 Å². The van der Waals surface area contributed by atoms with Crippen LogP contribution in [0.5, 0.6) is 0 Å². The van der Waals surface area contributed by atoms with Gasteiger partial charge in [-0.1, -0.05) is 0 Å². The van der Waals surface area contributed by atoms with Crippen LogP contribution in [0.15, 0.2) is 17.3 Å². The lowest BCUT2D eigenvalue weighted by molar-refractivity contribution is -0.0432. The van der Waals surface area contributed by atoms with Gasteiger partial charge in [0.15, 0.2) is 11.2 Å². The van der Waals surface area contributed by atoms with Crippen molar-refractivity contribution in [2.24, 2.45) is 0 Å². The SMILES string of the molecule is CCn1c(C)cn2c(=O)c3ncn([C@H]4C[C@H](O)[C@@H](CO)O4)c3nc12. The Labute approximate surface area is 136 Å². The summed E-state index contributed by atoms with van der Waals surface area (Å²) in [5, 5.41) is 19.2. The highest BCUT2D eigenvalue weighted by atomic mass is 16.5. The van der Waals surface area contributed by atoms with Crippen LogP contribution in [-0.4, -0.2) is 52.5 Å². The Hall–Kier alpha value is -2.23. The predicted molar refractivity (Wildman–Crippen MR) is 84.8 cm³/mol. The van der Waals surface area contributed by atoms with Gasteiger partial charge in [-0.3, -0.25) is 9.36 Å². The zero-order chi connectivity index (χ0) is 17.0. The zero-order valence-electron chi connectivity index (χ0n) is 13.5. The third kappa shape index (κ3) is 2.02. The summed E-state index contributed by atoms with van der Waals surface area (Å²) >= 11 is 0. The summed E-state index contributed by atoms with van der Waals surface area (Å²) in [6.07, 6.45) is 1.65. The van der Waals surface area contributed by atoms with Gasteiger partial charge in [0.05, 0.1) is 19.0 Å². The molecule has 1 aliphatic heterocycles. The highest BCUT2D eigenvalue weighted by Crippen LogP contribution is 2.30. The van der Waals surface area contributed by atoms with Crippen LogP contribution in [0.1, 0.15) is 25.3 Å². The molecule has 9 nitrogen and oxygen atoms in total. The van der Waals surface area contributed by atoms with E-state index in [0.29, 0.717) is 24.4 Å². The van der Waals surface area contributed by atoms with Gasteiger partial charge in [-0.25, -0.2) is 9.38 Å². The Morgan fingerprint density at radius 1 is 1.46 bits per heavy atom. The van der Waals surface area contributed by atoms with Crippen LogP contribution in [0.25, 0.3) is 16.9 Å². The summed E-state index contributed by atoms with van der Waals surface area (Å²) in [6.45, 7) is 4.34. The van der Waals surface area contributed by atoms with Crippen molar-refractivity contribution in [3.05, 3.63) is 28.6 Å². The van der Waals surface area contributed by atoms with Gasteiger partial charge >= 0.3 is 0 Å². The molecule has 3 atom stereocenters. The molecule has 128 valence electrons.